The third-order valence-corrected chi connectivity index (χ3v) is 5.90. The fraction of sp³-hybridized carbons (Fsp3) is 0.400. The molecule has 0 bridgehead atoms. The Morgan fingerprint density at radius 3 is 2.85 bits per heavy atom. The van der Waals surface area contributed by atoms with Crippen LogP contribution in [0.4, 0.5) is 10.1 Å². The summed E-state index contributed by atoms with van der Waals surface area (Å²) in [6.45, 7) is 3.88. The zero-order valence-electron chi connectivity index (χ0n) is 19.1. The van der Waals surface area contributed by atoms with Crippen molar-refractivity contribution in [3.8, 4) is 11.5 Å². The Hall–Kier alpha value is -3.46. The molecule has 2 atom stereocenters. The zero-order chi connectivity index (χ0) is 24.2. The normalized spacial score (nSPS) is 18.1. The zero-order valence-corrected chi connectivity index (χ0v) is 19.1. The van der Waals surface area contributed by atoms with Crippen LogP contribution >= 0.6 is 0 Å². The molecule has 4 rings (SSSR count). The molecule has 2 aliphatic rings. The van der Waals surface area contributed by atoms with Gasteiger partial charge in [0.1, 0.15) is 11.8 Å². The summed E-state index contributed by atoms with van der Waals surface area (Å²) >= 11 is 0. The molecule has 0 unspecified atom stereocenters. The van der Waals surface area contributed by atoms with Crippen LogP contribution in [0.2, 0.25) is 0 Å². The molecule has 180 valence electrons. The summed E-state index contributed by atoms with van der Waals surface area (Å²) < 4.78 is 30.3. The van der Waals surface area contributed by atoms with E-state index in [-0.39, 0.29) is 36.5 Å². The molecule has 0 spiro atoms. The maximum atomic E-state index is 13.9. The van der Waals surface area contributed by atoms with E-state index in [4.69, 9.17) is 14.2 Å². The van der Waals surface area contributed by atoms with Crippen molar-refractivity contribution < 1.29 is 33.0 Å². The minimum Gasteiger partial charge on any atom is -0.482 e. The molecule has 2 aromatic rings. The number of hydrogen-bond donors (Lipinski definition) is 1. The molecule has 2 amide bonds. The van der Waals surface area contributed by atoms with Gasteiger partial charge in [-0.15, -0.1) is 0 Å². The molecule has 0 aliphatic carbocycles. The summed E-state index contributed by atoms with van der Waals surface area (Å²) in [6, 6.07) is 8.20. The van der Waals surface area contributed by atoms with Crippen LogP contribution in [0.3, 0.4) is 0 Å². The minimum absolute atomic E-state index is 0.0111. The van der Waals surface area contributed by atoms with Gasteiger partial charge in [-0.3, -0.25) is 19.3 Å². The van der Waals surface area contributed by atoms with E-state index in [0.29, 0.717) is 24.6 Å². The lowest BCUT2D eigenvalue weighted by Crippen LogP contribution is -2.52. The predicted octanol–water partition coefficient (Wildman–Crippen LogP) is 2.80. The second-order valence-corrected chi connectivity index (χ2v) is 8.44. The maximum Gasteiger partial charge on any atom is 0.265 e. The molecule has 2 aromatic carbocycles. The maximum absolute atomic E-state index is 13.9. The van der Waals surface area contributed by atoms with Crippen molar-refractivity contribution in [1.82, 2.24) is 5.32 Å². The lowest BCUT2D eigenvalue weighted by molar-refractivity contribution is -0.127. The highest BCUT2D eigenvalue weighted by Crippen LogP contribution is 2.34. The molecule has 9 heteroatoms. The van der Waals surface area contributed by atoms with Crippen molar-refractivity contribution >= 4 is 23.3 Å². The summed E-state index contributed by atoms with van der Waals surface area (Å²) in [4.78, 5) is 39.5. The van der Waals surface area contributed by atoms with Crippen molar-refractivity contribution in [2.75, 3.05) is 31.3 Å². The molecule has 1 saturated heterocycles. The highest BCUT2D eigenvalue weighted by molar-refractivity contribution is 6.05. The van der Waals surface area contributed by atoms with Crippen LogP contribution in [-0.2, 0) is 14.3 Å². The van der Waals surface area contributed by atoms with E-state index in [1.165, 1.54) is 23.1 Å². The molecule has 2 heterocycles. The number of halogens is 1. The Morgan fingerprint density at radius 2 is 2.09 bits per heavy atom. The molecule has 0 saturated carbocycles. The van der Waals surface area contributed by atoms with E-state index < -0.39 is 23.5 Å². The molecule has 0 aromatic heterocycles. The minimum atomic E-state index is -0.820. The Bertz CT molecular complexity index is 1100. The van der Waals surface area contributed by atoms with Crippen molar-refractivity contribution in [2.45, 2.75) is 38.8 Å². The summed E-state index contributed by atoms with van der Waals surface area (Å²) in [5.74, 6) is -1.31. The van der Waals surface area contributed by atoms with E-state index in [1.54, 1.807) is 32.0 Å². The van der Waals surface area contributed by atoms with Crippen LogP contribution in [-0.4, -0.2) is 56.1 Å². The number of carbonyl (C=O) groups excluding carboxylic acids is 3. The van der Waals surface area contributed by atoms with Gasteiger partial charge in [0.25, 0.3) is 5.91 Å². The number of carbonyl (C=O) groups is 3. The van der Waals surface area contributed by atoms with Gasteiger partial charge in [-0.1, -0.05) is 6.07 Å². The van der Waals surface area contributed by atoms with E-state index in [9.17, 15) is 18.8 Å². The van der Waals surface area contributed by atoms with Gasteiger partial charge in [-0.05, 0) is 62.6 Å². The molecule has 1 fully saturated rings. The van der Waals surface area contributed by atoms with Crippen LogP contribution in [0, 0.1) is 12.7 Å². The summed E-state index contributed by atoms with van der Waals surface area (Å²) in [7, 11) is 0. The lowest BCUT2D eigenvalue weighted by Gasteiger charge is -2.33. The van der Waals surface area contributed by atoms with Gasteiger partial charge >= 0.3 is 0 Å². The van der Waals surface area contributed by atoms with Gasteiger partial charge < -0.3 is 19.5 Å². The quantitative estimate of drug-likeness (QED) is 0.597. The van der Waals surface area contributed by atoms with Crippen LogP contribution < -0.4 is 19.7 Å². The number of aryl methyl sites for hydroxylation is 1. The first-order valence-electron chi connectivity index (χ1n) is 11.2. The molecule has 0 radical (unpaired) electrons. The molecule has 2 aliphatic heterocycles. The van der Waals surface area contributed by atoms with Crippen molar-refractivity contribution in [2.24, 2.45) is 0 Å². The number of ether oxygens (including phenoxy) is 3. The number of rotatable bonds is 8. The van der Waals surface area contributed by atoms with Gasteiger partial charge in [0.2, 0.25) is 5.91 Å². The Labute approximate surface area is 197 Å². The molecular formula is C25H27FN2O6. The largest absolute Gasteiger partial charge is 0.482 e. The number of ketones is 1. The Kier molecular flexibility index (Phi) is 7.12. The van der Waals surface area contributed by atoms with E-state index >= 15 is 0 Å². The number of anilines is 1. The first kappa shape index (κ1) is 23.7. The Balaban J connectivity index is 1.48. The van der Waals surface area contributed by atoms with Gasteiger partial charge in [0.05, 0.1) is 11.8 Å². The predicted molar refractivity (Wildman–Crippen MR) is 122 cm³/mol. The topological polar surface area (TPSA) is 94.2 Å². The fourth-order valence-corrected chi connectivity index (χ4v) is 4.00. The van der Waals surface area contributed by atoms with Crippen molar-refractivity contribution in [1.29, 1.82) is 0 Å². The summed E-state index contributed by atoms with van der Waals surface area (Å²) in [5, 5.41) is 2.84. The smallest absolute Gasteiger partial charge is 0.265 e. The third kappa shape index (κ3) is 5.20. The van der Waals surface area contributed by atoms with E-state index in [0.717, 1.165) is 18.4 Å². The van der Waals surface area contributed by atoms with Gasteiger partial charge in [0.15, 0.2) is 30.6 Å². The SMILES string of the molecule is Cc1ccc(F)c(OCC(=O)c2ccc3c(c2)N([C@H](C)C(=O)NC[C@H]2CCCO2)C(=O)CO3)c1. The van der Waals surface area contributed by atoms with Crippen LogP contribution in [0.15, 0.2) is 36.4 Å². The van der Waals surface area contributed by atoms with Crippen LogP contribution in [0.25, 0.3) is 0 Å². The highest BCUT2D eigenvalue weighted by Gasteiger charge is 2.34. The Morgan fingerprint density at radius 1 is 1.26 bits per heavy atom. The number of fused-ring (bicyclic) bond motifs is 1. The van der Waals surface area contributed by atoms with Crippen molar-refractivity contribution in [3.05, 3.63) is 53.3 Å². The number of nitrogens with one attached hydrogen (secondary N) is 1. The monoisotopic (exact) mass is 470 g/mol. The first-order valence-corrected chi connectivity index (χ1v) is 11.2. The molecular weight excluding hydrogens is 443 g/mol. The number of benzene rings is 2. The average Bonchev–Trinajstić information content (AvgIpc) is 3.35. The highest BCUT2D eigenvalue weighted by atomic mass is 19.1. The summed E-state index contributed by atoms with van der Waals surface area (Å²) in [6.07, 6.45) is 1.82. The average molecular weight is 470 g/mol. The van der Waals surface area contributed by atoms with Crippen molar-refractivity contribution in [3.63, 3.8) is 0 Å². The number of hydrogen-bond acceptors (Lipinski definition) is 6. The van der Waals surface area contributed by atoms with Crippen LogP contribution in [0.5, 0.6) is 11.5 Å². The van der Waals surface area contributed by atoms with Gasteiger partial charge in [-0.2, -0.15) is 0 Å². The van der Waals surface area contributed by atoms with Crippen LogP contribution in [0.1, 0.15) is 35.7 Å². The standard InChI is InChI=1S/C25H27FN2O6/c1-15-5-7-19(26)23(10-15)33-13-21(29)17-6-8-22-20(11-17)28(24(30)14-34-22)16(2)25(31)27-12-18-4-3-9-32-18/h5-8,10-11,16,18H,3-4,9,12-14H2,1-2H3,(H,27,31)/t16-,18-/m1/s1. The molecule has 1 N–H and O–H groups in total. The summed E-state index contributed by atoms with van der Waals surface area (Å²) in [5.41, 5.74) is 1.38. The van der Waals surface area contributed by atoms with Gasteiger partial charge in [-0.25, -0.2) is 4.39 Å². The number of nitrogens with zero attached hydrogens (tertiary/aromatic N) is 1. The van der Waals surface area contributed by atoms with E-state index in [2.05, 4.69) is 5.32 Å². The third-order valence-electron chi connectivity index (χ3n) is 5.90. The molecule has 8 nitrogen and oxygen atoms in total. The first-order chi connectivity index (χ1) is 16.3. The second-order valence-electron chi connectivity index (χ2n) is 8.44. The van der Waals surface area contributed by atoms with E-state index in [1.807, 2.05) is 0 Å². The second kappa shape index (κ2) is 10.2. The molecule has 34 heavy (non-hydrogen) atoms. The fourth-order valence-electron chi connectivity index (χ4n) is 4.00. The lowest BCUT2D eigenvalue weighted by atomic mass is 10.1. The van der Waals surface area contributed by atoms with Gasteiger partial charge in [0, 0.05) is 18.7 Å². The number of Topliss-reactive ketones (excluding diaryl/α,β-unsaturated/α-hetero) is 1. The number of amides is 2.